The monoisotopic (exact) mass is 347 g/mol. The minimum atomic E-state index is -0.755. The SMILES string of the molecule is NC(=O)C1CN(C(=S)Nc2ccc(Cl)cc2)c2ccccc2O1. The number of nitrogens with two attached hydrogens (primary N) is 1. The summed E-state index contributed by atoms with van der Waals surface area (Å²) >= 11 is 11.4. The van der Waals surface area contributed by atoms with E-state index < -0.39 is 12.0 Å². The molecule has 0 saturated carbocycles. The molecule has 2 aromatic rings. The molecular weight excluding hydrogens is 334 g/mol. The van der Waals surface area contributed by atoms with Crippen LogP contribution < -0.4 is 20.7 Å². The van der Waals surface area contributed by atoms with Gasteiger partial charge in [-0.15, -0.1) is 0 Å². The van der Waals surface area contributed by atoms with E-state index in [2.05, 4.69) is 5.32 Å². The molecule has 1 aliphatic rings. The molecule has 1 unspecified atom stereocenters. The molecule has 1 atom stereocenters. The Balaban J connectivity index is 1.86. The highest BCUT2D eigenvalue weighted by molar-refractivity contribution is 7.80. The smallest absolute Gasteiger partial charge is 0.260 e. The van der Waals surface area contributed by atoms with E-state index in [1.54, 1.807) is 23.1 Å². The van der Waals surface area contributed by atoms with Crippen LogP contribution in [-0.4, -0.2) is 23.7 Å². The standard InChI is InChI=1S/C16H14ClN3O2S/c17-10-5-7-11(8-6-10)19-16(23)20-9-14(15(18)21)22-13-4-2-1-3-12(13)20/h1-8,14H,9H2,(H2,18,21)(H,19,23). The minimum absolute atomic E-state index is 0.256. The van der Waals surface area contributed by atoms with Crippen molar-refractivity contribution in [2.24, 2.45) is 5.73 Å². The van der Waals surface area contributed by atoms with E-state index in [4.69, 9.17) is 34.3 Å². The number of hydrogen-bond donors (Lipinski definition) is 2. The summed E-state index contributed by atoms with van der Waals surface area (Å²) in [6.45, 7) is 0.256. The van der Waals surface area contributed by atoms with Crippen molar-refractivity contribution in [2.75, 3.05) is 16.8 Å². The largest absolute Gasteiger partial charge is 0.477 e. The summed E-state index contributed by atoms with van der Waals surface area (Å²) in [5.41, 5.74) is 6.98. The summed E-state index contributed by atoms with van der Waals surface area (Å²) in [5.74, 6) is 0.0432. The second-order valence-electron chi connectivity index (χ2n) is 5.02. The maximum Gasteiger partial charge on any atom is 0.260 e. The van der Waals surface area contributed by atoms with Crippen molar-refractivity contribution in [3.63, 3.8) is 0 Å². The van der Waals surface area contributed by atoms with Crippen LogP contribution in [0.15, 0.2) is 48.5 Å². The topological polar surface area (TPSA) is 67.6 Å². The Hall–Kier alpha value is -2.31. The lowest BCUT2D eigenvalue weighted by molar-refractivity contribution is -0.124. The van der Waals surface area contributed by atoms with Gasteiger partial charge in [-0.1, -0.05) is 23.7 Å². The Morgan fingerprint density at radius 2 is 1.96 bits per heavy atom. The van der Waals surface area contributed by atoms with Gasteiger partial charge in [-0.25, -0.2) is 0 Å². The predicted octanol–water partition coefficient (Wildman–Crippen LogP) is 2.79. The molecule has 0 radical (unpaired) electrons. The van der Waals surface area contributed by atoms with Gasteiger partial charge in [-0.05, 0) is 48.6 Å². The van der Waals surface area contributed by atoms with E-state index in [1.807, 2.05) is 30.3 Å². The highest BCUT2D eigenvalue weighted by Gasteiger charge is 2.31. The molecule has 7 heteroatoms. The third-order valence-electron chi connectivity index (χ3n) is 3.43. The summed E-state index contributed by atoms with van der Waals surface area (Å²) in [4.78, 5) is 13.3. The van der Waals surface area contributed by atoms with Gasteiger partial charge in [0.05, 0.1) is 12.2 Å². The van der Waals surface area contributed by atoms with Gasteiger partial charge in [-0.3, -0.25) is 4.79 Å². The number of halogens is 1. The number of nitrogens with zero attached hydrogens (tertiary/aromatic N) is 1. The molecule has 0 aliphatic carbocycles. The first-order chi connectivity index (χ1) is 11.0. The summed E-state index contributed by atoms with van der Waals surface area (Å²) in [5, 5.41) is 4.23. The van der Waals surface area contributed by atoms with Gasteiger partial charge in [-0.2, -0.15) is 0 Å². The number of thiocarbonyl (C=S) groups is 1. The molecule has 1 aliphatic heterocycles. The number of benzene rings is 2. The second-order valence-corrected chi connectivity index (χ2v) is 5.85. The molecule has 2 aromatic carbocycles. The molecule has 1 heterocycles. The number of nitrogens with one attached hydrogen (secondary N) is 1. The third kappa shape index (κ3) is 3.38. The zero-order valence-electron chi connectivity index (χ0n) is 12.0. The average Bonchev–Trinajstić information content (AvgIpc) is 2.55. The molecule has 0 aromatic heterocycles. The average molecular weight is 348 g/mol. The quantitative estimate of drug-likeness (QED) is 0.818. The number of hydrogen-bond acceptors (Lipinski definition) is 3. The van der Waals surface area contributed by atoms with E-state index in [9.17, 15) is 4.79 Å². The normalized spacial score (nSPS) is 16.2. The van der Waals surface area contributed by atoms with Gasteiger partial charge in [0.1, 0.15) is 5.75 Å². The molecule has 3 N–H and O–H groups in total. The van der Waals surface area contributed by atoms with Gasteiger partial charge in [0.25, 0.3) is 5.91 Å². The van der Waals surface area contributed by atoms with E-state index in [1.165, 1.54) is 0 Å². The van der Waals surface area contributed by atoms with Crippen LogP contribution in [0.4, 0.5) is 11.4 Å². The van der Waals surface area contributed by atoms with E-state index in [0.717, 1.165) is 11.4 Å². The Morgan fingerprint density at radius 3 is 2.65 bits per heavy atom. The van der Waals surface area contributed by atoms with Crippen LogP contribution >= 0.6 is 23.8 Å². The highest BCUT2D eigenvalue weighted by Crippen LogP contribution is 2.33. The van der Waals surface area contributed by atoms with Crippen molar-refractivity contribution < 1.29 is 9.53 Å². The van der Waals surface area contributed by atoms with E-state index in [0.29, 0.717) is 15.9 Å². The van der Waals surface area contributed by atoms with Crippen molar-refractivity contribution in [1.29, 1.82) is 0 Å². The Kier molecular flexibility index (Phi) is 4.36. The first-order valence-electron chi connectivity index (χ1n) is 6.93. The Bertz CT molecular complexity index is 751. The van der Waals surface area contributed by atoms with Gasteiger partial charge in [0, 0.05) is 10.7 Å². The number of carbonyl (C=O) groups is 1. The minimum Gasteiger partial charge on any atom is -0.477 e. The zero-order chi connectivity index (χ0) is 16.4. The molecule has 0 bridgehead atoms. The number of fused-ring (bicyclic) bond motifs is 1. The van der Waals surface area contributed by atoms with Gasteiger partial charge < -0.3 is 20.7 Å². The van der Waals surface area contributed by atoms with Gasteiger partial charge in [0.15, 0.2) is 11.2 Å². The van der Waals surface area contributed by atoms with Crippen LogP contribution in [0.5, 0.6) is 5.75 Å². The molecule has 3 rings (SSSR count). The van der Waals surface area contributed by atoms with Crippen molar-refractivity contribution in [1.82, 2.24) is 0 Å². The van der Waals surface area contributed by atoms with Crippen molar-refractivity contribution in [3.8, 4) is 5.75 Å². The number of anilines is 2. The number of primary amides is 1. The fraction of sp³-hybridized carbons (Fsp3) is 0.125. The Morgan fingerprint density at radius 1 is 1.26 bits per heavy atom. The van der Waals surface area contributed by atoms with Gasteiger partial charge in [0.2, 0.25) is 0 Å². The van der Waals surface area contributed by atoms with Crippen LogP contribution in [0, 0.1) is 0 Å². The Labute approximate surface area is 144 Å². The lowest BCUT2D eigenvalue weighted by atomic mass is 10.2. The number of para-hydroxylation sites is 2. The third-order valence-corrected chi connectivity index (χ3v) is 4.01. The lowest BCUT2D eigenvalue weighted by Gasteiger charge is -2.35. The summed E-state index contributed by atoms with van der Waals surface area (Å²) in [6.07, 6.45) is -0.755. The van der Waals surface area contributed by atoms with Crippen molar-refractivity contribution >= 4 is 46.2 Å². The predicted molar refractivity (Wildman–Crippen MR) is 95.1 cm³/mol. The number of ether oxygens (including phenoxy) is 1. The summed E-state index contributed by atoms with van der Waals surface area (Å²) < 4.78 is 5.62. The fourth-order valence-corrected chi connectivity index (χ4v) is 2.72. The van der Waals surface area contributed by atoms with Crippen LogP contribution in [0.2, 0.25) is 5.02 Å². The summed E-state index contributed by atoms with van der Waals surface area (Å²) in [7, 11) is 0. The van der Waals surface area contributed by atoms with Gasteiger partial charge >= 0.3 is 0 Å². The van der Waals surface area contributed by atoms with E-state index >= 15 is 0 Å². The van der Waals surface area contributed by atoms with Crippen LogP contribution in [0.25, 0.3) is 0 Å². The van der Waals surface area contributed by atoms with Crippen LogP contribution in [0.3, 0.4) is 0 Å². The van der Waals surface area contributed by atoms with Crippen molar-refractivity contribution in [2.45, 2.75) is 6.10 Å². The molecular formula is C16H14ClN3O2S. The number of carbonyl (C=O) groups excluding carboxylic acids is 1. The second kappa shape index (κ2) is 6.44. The number of rotatable bonds is 2. The molecule has 5 nitrogen and oxygen atoms in total. The molecule has 118 valence electrons. The first kappa shape index (κ1) is 15.6. The lowest BCUT2D eigenvalue weighted by Crippen LogP contribution is -2.50. The molecule has 0 saturated heterocycles. The summed E-state index contributed by atoms with van der Waals surface area (Å²) in [6, 6.07) is 14.6. The van der Waals surface area contributed by atoms with E-state index in [-0.39, 0.29) is 6.54 Å². The maximum absolute atomic E-state index is 11.5. The van der Waals surface area contributed by atoms with Crippen molar-refractivity contribution in [3.05, 3.63) is 53.6 Å². The first-order valence-corrected chi connectivity index (χ1v) is 7.72. The molecule has 23 heavy (non-hydrogen) atoms. The van der Waals surface area contributed by atoms with Crippen LogP contribution in [0.1, 0.15) is 0 Å². The highest BCUT2D eigenvalue weighted by atomic mass is 35.5. The molecule has 1 amide bonds. The zero-order valence-corrected chi connectivity index (χ0v) is 13.6. The van der Waals surface area contributed by atoms with Crippen LogP contribution in [-0.2, 0) is 4.79 Å². The molecule has 0 fully saturated rings. The fourth-order valence-electron chi connectivity index (χ4n) is 2.30. The molecule has 0 spiro atoms. The maximum atomic E-state index is 11.5. The number of amides is 1.